The summed E-state index contributed by atoms with van der Waals surface area (Å²) in [6.07, 6.45) is 2.88. The normalized spacial score (nSPS) is 17.8. The summed E-state index contributed by atoms with van der Waals surface area (Å²) in [5.74, 6) is -2.59. The van der Waals surface area contributed by atoms with E-state index in [-0.39, 0.29) is 64.4 Å². The van der Waals surface area contributed by atoms with Crippen LogP contribution < -0.4 is 15.9 Å². The number of carbonyl (C=O) groups excluding carboxylic acids is 1. The monoisotopic (exact) mass is 620 g/mol. The van der Waals surface area contributed by atoms with Gasteiger partial charge in [-0.25, -0.2) is 13.6 Å². The molecule has 6 rings (SSSR count). The van der Waals surface area contributed by atoms with Gasteiger partial charge >= 0.3 is 5.69 Å². The van der Waals surface area contributed by atoms with Gasteiger partial charge < -0.3 is 20.2 Å². The van der Waals surface area contributed by atoms with Crippen molar-refractivity contribution in [1.82, 2.24) is 19.4 Å². The van der Waals surface area contributed by atoms with E-state index in [1.807, 2.05) is 25.7 Å². The van der Waals surface area contributed by atoms with Gasteiger partial charge in [0.2, 0.25) is 5.91 Å². The SMILES string of the molecule is C=CC(=O)N1CC2CNc3c(Cl)c(-c4c(O)cccc4F)c(F)c4c3c(nc(=O)n4-c3c(C)ccnc3C(C)C)N2CC1C. The Kier molecular flexibility index (Phi) is 7.31. The molecule has 2 aromatic heterocycles. The summed E-state index contributed by atoms with van der Waals surface area (Å²) >= 11 is 6.92. The van der Waals surface area contributed by atoms with Crippen LogP contribution >= 0.6 is 11.6 Å². The van der Waals surface area contributed by atoms with Gasteiger partial charge in [-0.15, -0.1) is 0 Å². The van der Waals surface area contributed by atoms with E-state index in [2.05, 4.69) is 21.9 Å². The highest BCUT2D eigenvalue weighted by Crippen LogP contribution is 2.49. The highest BCUT2D eigenvalue weighted by molar-refractivity contribution is 6.38. The molecule has 4 aromatic rings. The molecule has 1 fully saturated rings. The van der Waals surface area contributed by atoms with E-state index >= 15 is 8.78 Å². The number of carbonyl (C=O) groups is 1. The third-order valence-corrected chi connectivity index (χ3v) is 8.82. The number of fused-ring (bicyclic) bond motifs is 2. The highest BCUT2D eigenvalue weighted by atomic mass is 35.5. The molecule has 228 valence electrons. The molecular formula is C32H31ClF2N6O3. The third-order valence-electron chi connectivity index (χ3n) is 8.45. The van der Waals surface area contributed by atoms with Gasteiger partial charge in [0.15, 0.2) is 5.82 Å². The highest BCUT2D eigenvalue weighted by Gasteiger charge is 2.40. The zero-order valence-electron chi connectivity index (χ0n) is 24.7. The predicted octanol–water partition coefficient (Wildman–Crippen LogP) is 5.53. The number of phenols is 1. The first kappa shape index (κ1) is 29.6. The average Bonchev–Trinajstić information content (AvgIpc) is 3.13. The lowest BCUT2D eigenvalue weighted by Crippen LogP contribution is -2.60. The molecule has 12 heteroatoms. The summed E-state index contributed by atoms with van der Waals surface area (Å²) in [5, 5.41) is 14.1. The van der Waals surface area contributed by atoms with Crippen molar-refractivity contribution in [1.29, 1.82) is 0 Å². The second-order valence-electron chi connectivity index (χ2n) is 11.5. The topological polar surface area (TPSA) is 104 Å². The van der Waals surface area contributed by atoms with Crippen LogP contribution in [0.25, 0.3) is 27.7 Å². The molecule has 2 atom stereocenters. The molecule has 1 saturated heterocycles. The predicted molar refractivity (Wildman–Crippen MR) is 167 cm³/mol. The molecule has 44 heavy (non-hydrogen) atoms. The van der Waals surface area contributed by atoms with E-state index in [4.69, 9.17) is 11.6 Å². The lowest BCUT2D eigenvalue weighted by molar-refractivity contribution is -0.128. The van der Waals surface area contributed by atoms with Crippen molar-refractivity contribution in [2.45, 2.75) is 45.7 Å². The largest absolute Gasteiger partial charge is 0.507 e. The molecule has 1 amide bonds. The maximum atomic E-state index is 17.3. The Morgan fingerprint density at radius 1 is 1.23 bits per heavy atom. The number of hydrogen-bond donors (Lipinski definition) is 2. The van der Waals surface area contributed by atoms with Crippen LogP contribution in [0.15, 0.2) is 47.9 Å². The van der Waals surface area contributed by atoms with Gasteiger partial charge in [0, 0.05) is 37.4 Å². The Labute approximate surface area is 257 Å². The van der Waals surface area contributed by atoms with E-state index in [1.54, 1.807) is 24.1 Å². The van der Waals surface area contributed by atoms with Crippen molar-refractivity contribution in [2.75, 3.05) is 29.9 Å². The Morgan fingerprint density at radius 2 is 1.98 bits per heavy atom. The number of nitrogens with one attached hydrogen (secondary N) is 1. The molecule has 0 saturated carbocycles. The number of pyridine rings is 1. The number of anilines is 2. The van der Waals surface area contributed by atoms with Crippen LogP contribution in [0.2, 0.25) is 5.02 Å². The molecule has 4 heterocycles. The molecular weight excluding hydrogens is 590 g/mol. The molecule has 2 unspecified atom stereocenters. The molecule has 0 spiro atoms. The number of halogens is 3. The summed E-state index contributed by atoms with van der Waals surface area (Å²) in [6.45, 7) is 11.9. The zero-order chi connectivity index (χ0) is 31.6. The molecule has 2 aliphatic rings. The second kappa shape index (κ2) is 10.9. The average molecular weight is 621 g/mol. The molecule has 0 aliphatic carbocycles. The van der Waals surface area contributed by atoms with Crippen molar-refractivity contribution in [2.24, 2.45) is 0 Å². The van der Waals surface area contributed by atoms with Crippen LogP contribution in [0.3, 0.4) is 0 Å². The van der Waals surface area contributed by atoms with Crippen LogP contribution in [-0.4, -0.2) is 62.2 Å². The van der Waals surface area contributed by atoms with Gasteiger partial charge in [0.1, 0.15) is 22.9 Å². The summed E-state index contributed by atoms with van der Waals surface area (Å²) < 4.78 is 33.8. The molecule has 9 nitrogen and oxygen atoms in total. The summed E-state index contributed by atoms with van der Waals surface area (Å²) in [4.78, 5) is 39.4. The van der Waals surface area contributed by atoms with Gasteiger partial charge in [0.05, 0.1) is 39.1 Å². The van der Waals surface area contributed by atoms with Crippen molar-refractivity contribution in [3.05, 3.63) is 81.5 Å². The number of amides is 1. The first-order valence-electron chi connectivity index (χ1n) is 14.3. The fourth-order valence-electron chi connectivity index (χ4n) is 6.36. The standard InChI is InChI=1S/C32H31ClF2N6O3/c1-6-21(43)39-14-18-12-37-28-24-30(26(35)23(25(28)33)22-19(34)8-7-9-20(22)42)41(29-16(4)10-11-36-27(29)15(2)3)32(44)38-31(24)40(18)13-17(39)5/h6-11,15,17-18,37,42H,1,12-14H2,2-5H3. The van der Waals surface area contributed by atoms with Crippen LogP contribution in [0.1, 0.15) is 37.9 Å². The fraction of sp³-hybridized carbons (Fsp3) is 0.312. The maximum Gasteiger partial charge on any atom is 0.354 e. The van der Waals surface area contributed by atoms with Crippen LogP contribution in [0, 0.1) is 18.6 Å². The lowest BCUT2D eigenvalue weighted by Gasteiger charge is -2.45. The Bertz CT molecular complexity index is 1910. The van der Waals surface area contributed by atoms with Gasteiger partial charge in [-0.3, -0.25) is 14.3 Å². The van der Waals surface area contributed by atoms with E-state index in [9.17, 15) is 14.7 Å². The fourth-order valence-corrected chi connectivity index (χ4v) is 6.70. The van der Waals surface area contributed by atoms with Gasteiger partial charge in [0.25, 0.3) is 0 Å². The van der Waals surface area contributed by atoms with Gasteiger partial charge in [-0.2, -0.15) is 4.98 Å². The summed E-state index contributed by atoms with van der Waals surface area (Å²) in [7, 11) is 0. The number of phenolic OH excluding ortho intramolecular Hbond substituents is 1. The first-order chi connectivity index (χ1) is 21.0. The lowest BCUT2D eigenvalue weighted by atomic mass is 9.98. The van der Waals surface area contributed by atoms with Crippen LogP contribution in [0.5, 0.6) is 5.75 Å². The van der Waals surface area contributed by atoms with Gasteiger partial charge in [-0.1, -0.05) is 38.1 Å². The minimum absolute atomic E-state index is 0.147. The number of hydrogen-bond acceptors (Lipinski definition) is 7. The number of nitrogens with zero attached hydrogens (tertiary/aromatic N) is 5. The number of aryl methyl sites for hydroxylation is 1. The molecule has 0 bridgehead atoms. The van der Waals surface area contributed by atoms with Crippen LogP contribution in [-0.2, 0) is 4.79 Å². The number of piperazine rings is 1. The van der Waals surface area contributed by atoms with E-state index in [1.165, 1.54) is 22.8 Å². The third kappa shape index (κ3) is 4.40. The molecule has 0 radical (unpaired) electrons. The minimum atomic E-state index is -0.998. The summed E-state index contributed by atoms with van der Waals surface area (Å²) in [6, 6.07) is 4.71. The Morgan fingerprint density at radius 3 is 2.66 bits per heavy atom. The number of rotatable bonds is 4. The van der Waals surface area contributed by atoms with Crippen molar-refractivity contribution >= 4 is 39.9 Å². The number of aromatic nitrogens is 3. The summed E-state index contributed by atoms with van der Waals surface area (Å²) in [5.41, 5.74) is 0.00860. The first-order valence-corrected chi connectivity index (χ1v) is 14.7. The maximum absolute atomic E-state index is 17.3. The van der Waals surface area contributed by atoms with Crippen LogP contribution in [0.4, 0.5) is 20.3 Å². The second-order valence-corrected chi connectivity index (χ2v) is 11.9. The Balaban J connectivity index is 1.77. The van der Waals surface area contributed by atoms with E-state index in [0.717, 1.165) is 6.07 Å². The van der Waals surface area contributed by atoms with Gasteiger partial charge in [-0.05, 0) is 49.6 Å². The van der Waals surface area contributed by atoms with E-state index in [0.29, 0.717) is 23.5 Å². The number of aromatic hydroxyl groups is 1. The van der Waals surface area contributed by atoms with Crippen molar-refractivity contribution < 1.29 is 18.7 Å². The molecule has 2 aromatic carbocycles. The smallest absolute Gasteiger partial charge is 0.354 e. The molecule has 2 aliphatic heterocycles. The minimum Gasteiger partial charge on any atom is -0.507 e. The quantitative estimate of drug-likeness (QED) is 0.289. The zero-order valence-corrected chi connectivity index (χ0v) is 25.4. The van der Waals surface area contributed by atoms with Crippen molar-refractivity contribution in [3.8, 4) is 22.6 Å². The van der Waals surface area contributed by atoms with Crippen molar-refractivity contribution in [3.63, 3.8) is 0 Å². The number of benzene rings is 2. The van der Waals surface area contributed by atoms with E-state index < -0.39 is 34.2 Å². The Hall–Kier alpha value is -4.51. The molecule has 2 N–H and O–H groups in total.